The van der Waals surface area contributed by atoms with Gasteiger partial charge in [0.2, 0.25) is 0 Å². The van der Waals surface area contributed by atoms with E-state index in [1.54, 1.807) is 0 Å². The van der Waals surface area contributed by atoms with Crippen molar-refractivity contribution in [1.82, 2.24) is 14.8 Å². The molecule has 0 N–H and O–H groups in total. The molecule has 0 saturated heterocycles. The molecule has 0 amide bonds. The first-order valence-electron chi connectivity index (χ1n) is 9.31. The number of halogens is 1. The first-order valence-corrected chi connectivity index (χ1v) is 10.4. The van der Waals surface area contributed by atoms with Gasteiger partial charge in [0.15, 0.2) is 11.6 Å². The molecule has 0 saturated carbocycles. The van der Waals surface area contributed by atoms with E-state index in [0.29, 0.717) is 0 Å². The first-order chi connectivity index (χ1) is 13.4. The van der Waals surface area contributed by atoms with Crippen molar-refractivity contribution >= 4 is 22.6 Å². The summed E-state index contributed by atoms with van der Waals surface area (Å²) in [4.78, 5) is 0. The van der Waals surface area contributed by atoms with E-state index < -0.39 is 0 Å². The van der Waals surface area contributed by atoms with Crippen LogP contribution in [0.2, 0.25) is 0 Å². The van der Waals surface area contributed by atoms with Gasteiger partial charge in [0, 0.05) is 20.4 Å². The van der Waals surface area contributed by atoms with E-state index in [1.165, 1.54) is 9.13 Å². The van der Waals surface area contributed by atoms with Crippen molar-refractivity contribution in [2.75, 3.05) is 0 Å². The Morgan fingerprint density at radius 2 is 1.18 bits per heavy atom. The van der Waals surface area contributed by atoms with Crippen molar-refractivity contribution in [3.63, 3.8) is 0 Å². The third kappa shape index (κ3) is 3.74. The predicted molar refractivity (Wildman–Crippen MR) is 124 cm³/mol. The number of rotatable bonds is 3. The molecule has 4 heteroatoms. The van der Waals surface area contributed by atoms with Crippen LogP contribution in [0.15, 0.2) is 78.9 Å². The highest BCUT2D eigenvalue weighted by molar-refractivity contribution is 14.1. The van der Waals surface area contributed by atoms with Crippen LogP contribution in [-0.4, -0.2) is 14.8 Å². The highest BCUT2D eigenvalue weighted by Gasteiger charge is 2.18. The largest absolute Gasteiger partial charge is 0.275 e. The lowest BCUT2D eigenvalue weighted by molar-refractivity contribution is 0.590. The fraction of sp³-hybridized carbons (Fsp3) is 0.167. The molecule has 140 valence electrons. The van der Waals surface area contributed by atoms with Gasteiger partial charge in [-0.3, -0.25) is 4.57 Å². The predicted octanol–water partition coefficient (Wildman–Crippen LogP) is 6.50. The van der Waals surface area contributed by atoms with Crippen molar-refractivity contribution in [2.45, 2.75) is 26.2 Å². The van der Waals surface area contributed by atoms with Gasteiger partial charge in [-0.2, -0.15) is 0 Å². The van der Waals surface area contributed by atoms with Crippen molar-refractivity contribution in [3.05, 3.63) is 88.0 Å². The zero-order valence-corrected chi connectivity index (χ0v) is 18.4. The quantitative estimate of drug-likeness (QED) is 0.314. The molecule has 1 aromatic heterocycles. The summed E-state index contributed by atoms with van der Waals surface area (Å²) in [5.74, 6) is 1.69. The third-order valence-corrected chi connectivity index (χ3v) is 5.51. The van der Waals surface area contributed by atoms with E-state index in [0.717, 1.165) is 28.5 Å². The van der Waals surface area contributed by atoms with E-state index in [4.69, 9.17) is 0 Å². The minimum absolute atomic E-state index is 0.123. The number of aromatic nitrogens is 3. The van der Waals surface area contributed by atoms with Gasteiger partial charge in [-0.15, -0.1) is 10.2 Å². The molecular formula is C24H22IN3. The van der Waals surface area contributed by atoms with Gasteiger partial charge in [0.25, 0.3) is 0 Å². The normalized spacial score (nSPS) is 11.6. The number of benzene rings is 3. The molecule has 0 fully saturated rings. The summed E-state index contributed by atoms with van der Waals surface area (Å²) in [6.45, 7) is 6.68. The fourth-order valence-corrected chi connectivity index (χ4v) is 3.56. The van der Waals surface area contributed by atoms with Crippen LogP contribution in [0.25, 0.3) is 28.5 Å². The van der Waals surface area contributed by atoms with E-state index >= 15 is 0 Å². The smallest absolute Gasteiger partial charge is 0.168 e. The van der Waals surface area contributed by atoms with Gasteiger partial charge in [-0.25, -0.2) is 0 Å². The van der Waals surface area contributed by atoms with Crippen molar-refractivity contribution < 1.29 is 0 Å². The highest BCUT2D eigenvalue weighted by Crippen LogP contribution is 2.30. The van der Waals surface area contributed by atoms with E-state index in [2.05, 4.69) is 119 Å². The fourth-order valence-electron chi connectivity index (χ4n) is 3.20. The lowest BCUT2D eigenvalue weighted by Gasteiger charge is -2.19. The van der Waals surface area contributed by atoms with E-state index in [9.17, 15) is 0 Å². The second-order valence-electron chi connectivity index (χ2n) is 7.85. The van der Waals surface area contributed by atoms with Crippen LogP contribution in [-0.2, 0) is 5.41 Å². The molecule has 0 unspecified atom stereocenters. The van der Waals surface area contributed by atoms with Crippen LogP contribution in [0.5, 0.6) is 0 Å². The molecule has 3 nitrogen and oxygen atoms in total. The molecule has 0 spiro atoms. The Morgan fingerprint density at radius 1 is 0.679 bits per heavy atom. The van der Waals surface area contributed by atoms with Gasteiger partial charge < -0.3 is 0 Å². The monoisotopic (exact) mass is 479 g/mol. The number of para-hydroxylation sites is 1. The SMILES string of the molecule is CC(C)(C)c1ccc(-c2nnc(-c3ccc(I)cc3)n2-c2ccccc2)cc1. The van der Waals surface area contributed by atoms with Gasteiger partial charge >= 0.3 is 0 Å². The molecule has 0 aliphatic rings. The minimum Gasteiger partial charge on any atom is -0.275 e. The second-order valence-corrected chi connectivity index (χ2v) is 9.10. The van der Waals surface area contributed by atoms with Gasteiger partial charge in [-0.05, 0) is 57.8 Å². The van der Waals surface area contributed by atoms with Crippen LogP contribution < -0.4 is 0 Å². The summed E-state index contributed by atoms with van der Waals surface area (Å²) >= 11 is 2.32. The summed E-state index contributed by atoms with van der Waals surface area (Å²) in [7, 11) is 0. The maximum absolute atomic E-state index is 4.56. The molecule has 0 radical (unpaired) electrons. The molecule has 4 aromatic rings. The molecule has 28 heavy (non-hydrogen) atoms. The van der Waals surface area contributed by atoms with Gasteiger partial charge in [0.1, 0.15) is 0 Å². The Morgan fingerprint density at radius 3 is 1.68 bits per heavy atom. The van der Waals surface area contributed by atoms with E-state index in [-0.39, 0.29) is 5.41 Å². The average Bonchev–Trinajstić information content (AvgIpc) is 3.14. The molecule has 0 aliphatic heterocycles. The Hall–Kier alpha value is -2.47. The maximum atomic E-state index is 4.56. The minimum atomic E-state index is 0.123. The topological polar surface area (TPSA) is 30.7 Å². The van der Waals surface area contributed by atoms with Crippen molar-refractivity contribution in [1.29, 1.82) is 0 Å². The Bertz CT molecular complexity index is 1070. The number of hydrogen-bond donors (Lipinski definition) is 0. The Kier molecular flexibility index (Phi) is 5.06. The number of hydrogen-bond acceptors (Lipinski definition) is 2. The molecule has 0 bridgehead atoms. The van der Waals surface area contributed by atoms with Crippen LogP contribution in [0, 0.1) is 3.57 Å². The lowest BCUT2D eigenvalue weighted by Crippen LogP contribution is -2.10. The molecular weight excluding hydrogens is 457 g/mol. The summed E-state index contributed by atoms with van der Waals surface area (Å²) in [5, 5.41) is 9.12. The van der Waals surface area contributed by atoms with Crippen LogP contribution in [0.3, 0.4) is 0 Å². The molecule has 4 rings (SSSR count). The van der Waals surface area contributed by atoms with E-state index in [1.807, 2.05) is 18.2 Å². The van der Waals surface area contributed by atoms with Crippen molar-refractivity contribution in [2.24, 2.45) is 0 Å². The molecule has 3 aromatic carbocycles. The first kappa shape index (κ1) is 18.9. The van der Waals surface area contributed by atoms with Crippen LogP contribution >= 0.6 is 22.6 Å². The Labute approximate surface area is 179 Å². The summed E-state index contributed by atoms with van der Waals surface area (Å²) in [6, 6.07) is 27.3. The van der Waals surface area contributed by atoms with Crippen molar-refractivity contribution in [3.8, 4) is 28.5 Å². The third-order valence-electron chi connectivity index (χ3n) is 4.79. The molecule has 0 aliphatic carbocycles. The molecule has 0 atom stereocenters. The summed E-state index contributed by atoms with van der Waals surface area (Å²) in [5.41, 5.74) is 4.59. The molecule has 1 heterocycles. The zero-order chi connectivity index (χ0) is 19.7. The highest BCUT2D eigenvalue weighted by atomic mass is 127. The van der Waals surface area contributed by atoms with Crippen LogP contribution in [0.4, 0.5) is 0 Å². The zero-order valence-electron chi connectivity index (χ0n) is 16.2. The van der Waals surface area contributed by atoms with Gasteiger partial charge in [-0.1, -0.05) is 75.4 Å². The maximum Gasteiger partial charge on any atom is 0.168 e. The van der Waals surface area contributed by atoms with Crippen LogP contribution in [0.1, 0.15) is 26.3 Å². The summed E-state index contributed by atoms with van der Waals surface area (Å²) in [6.07, 6.45) is 0. The second kappa shape index (κ2) is 7.51. The van der Waals surface area contributed by atoms with Gasteiger partial charge in [0.05, 0.1) is 0 Å². The standard InChI is InChI=1S/C24H22IN3/c1-24(2,3)19-13-9-17(10-14-19)22-26-27-23(18-11-15-20(25)16-12-18)28(22)21-7-5-4-6-8-21/h4-16H,1-3H3. The summed E-state index contributed by atoms with van der Waals surface area (Å²) < 4.78 is 3.33. The average molecular weight is 479 g/mol. The number of nitrogens with zero attached hydrogens (tertiary/aromatic N) is 3. The Balaban J connectivity index is 1.87. The lowest BCUT2D eigenvalue weighted by atomic mass is 9.86.